The first-order valence-electron chi connectivity index (χ1n) is 5.39. The van der Waals surface area contributed by atoms with Gasteiger partial charge in [0.1, 0.15) is 5.75 Å². The molecule has 1 aliphatic rings. The summed E-state index contributed by atoms with van der Waals surface area (Å²) < 4.78 is 0. The Kier molecular flexibility index (Phi) is 3.10. The second kappa shape index (κ2) is 4.53. The average molecular weight is 221 g/mol. The standard InChI is InChI=1S/C12H15NO3/c14-11-4-2-1-3-9(11)7-13-6-5-10(8-13)12(15)16/h1-4,10,14H,5-8H2,(H,15,16)/t10-/m0/s1. The Labute approximate surface area is 94.1 Å². The van der Waals surface area contributed by atoms with Gasteiger partial charge < -0.3 is 10.2 Å². The zero-order chi connectivity index (χ0) is 11.5. The zero-order valence-electron chi connectivity index (χ0n) is 8.97. The van der Waals surface area contributed by atoms with Gasteiger partial charge in [-0.3, -0.25) is 9.69 Å². The van der Waals surface area contributed by atoms with Crippen molar-refractivity contribution in [2.24, 2.45) is 5.92 Å². The van der Waals surface area contributed by atoms with Crippen LogP contribution in [0.4, 0.5) is 0 Å². The largest absolute Gasteiger partial charge is 0.508 e. The lowest BCUT2D eigenvalue weighted by atomic mass is 10.1. The Bertz CT molecular complexity index is 392. The first-order chi connectivity index (χ1) is 7.66. The van der Waals surface area contributed by atoms with Crippen LogP contribution < -0.4 is 0 Å². The zero-order valence-corrected chi connectivity index (χ0v) is 8.97. The highest BCUT2D eigenvalue weighted by Gasteiger charge is 2.27. The van der Waals surface area contributed by atoms with Crippen LogP contribution in [-0.2, 0) is 11.3 Å². The monoisotopic (exact) mass is 221 g/mol. The van der Waals surface area contributed by atoms with Crippen LogP contribution in [0.15, 0.2) is 24.3 Å². The summed E-state index contributed by atoms with van der Waals surface area (Å²) >= 11 is 0. The van der Waals surface area contributed by atoms with Crippen LogP contribution in [0.3, 0.4) is 0 Å². The molecule has 86 valence electrons. The Morgan fingerprint density at radius 2 is 2.19 bits per heavy atom. The predicted octanol–water partition coefficient (Wildman–Crippen LogP) is 1.30. The Morgan fingerprint density at radius 1 is 1.44 bits per heavy atom. The van der Waals surface area contributed by atoms with Crippen molar-refractivity contribution in [1.29, 1.82) is 0 Å². The molecule has 4 nitrogen and oxygen atoms in total. The highest BCUT2D eigenvalue weighted by atomic mass is 16.4. The number of carbonyl (C=O) groups is 1. The van der Waals surface area contributed by atoms with Crippen LogP contribution in [-0.4, -0.2) is 34.2 Å². The van der Waals surface area contributed by atoms with E-state index in [0.29, 0.717) is 19.5 Å². The number of rotatable bonds is 3. The van der Waals surface area contributed by atoms with Gasteiger partial charge in [-0.15, -0.1) is 0 Å². The smallest absolute Gasteiger partial charge is 0.307 e. The summed E-state index contributed by atoms with van der Waals surface area (Å²) in [6.45, 7) is 1.98. The third kappa shape index (κ3) is 2.33. The van der Waals surface area contributed by atoms with Gasteiger partial charge in [0.25, 0.3) is 0 Å². The van der Waals surface area contributed by atoms with Crippen molar-refractivity contribution in [1.82, 2.24) is 4.90 Å². The minimum absolute atomic E-state index is 0.258. The third-order valence-corrected chi connectivity index (χ3v) is 3.01. The van der Waals surface area contributed by atoms with Crippen LogP contribution >= 0.6 is 0 Å². The van der Waals surface area contributed by atoms with Crippen molar-refractivity contribution < 1.29 is 15.0 Å². The number of hydrogen-bond acceptors (Lipinski definition) is 3. The van der Waals surface area contributed by atoms with Crippen LogP contribution in [0.25, 0.3) is 0 Å². The summed E-state index contributed by atoms with van der Waals surface area (Å²) in [6.07, 6.45) is 0.697. The molecule has 2 rings (SSSR count). The lowest BCUT2D eigenvalue weighted by molar-refractivity contribution is -0.141. The van der Waals surface area contributed by atoms with Crippen molar-refractivity contribution in [3.8, 4) is 5.75 Å². The Hall–Kier alpha value is -1.55. The molecule has 1 heterocycles. The van der Waals surface area contributed by atoms with Gasteiger partial charge in [-0.2, -0.15) is 0 Å². The average Bonchev–Trinajstić information content (AvgIpc) is 2.70. The lowest BCUT2D eigenvalue weighted by Gasteiger charge is -2.15. The van der Waals surface area contributed by atoms with Crippen LogP contribution in [0, 0.1) is 5.92 Å². The second-order valence-electron chi connectivity index (χ2n) is 4.19. The van der Waals surface area contributed by atoms with E-state index < -0.39 is 5.97 Å². The van der Waals surface area contributed by atoms with Crippen molar-refractivity contribution >= 4 is 5.97 Å². The fraction of sp³-hybridized carbons (Fsp3) is 0.417. The number of hydrogen-bond donors (Lipinski definition) is 2. The van der Waals surface area contributed by atoms with Gasteiger partial charge >= 0.3 is 5.97 Å². The summed E-state index contributed by atoms with van der Waals surface area (Å²) in [5, 5.41) is 18.5. The van der Waals surface area contributed by atoms with Gasteiger partial charge in [-0.05, 0) is 19.0 Å². The van der Waals surface area contributed by atoms with E-state index in [2.05, 4.69) is 4.90 Å². The molecule has 1 aliphatic heterocycles. The normalized spacial score (nSPS) is 21.1. The van der Waals surface area contributed by atoms with Gasteiger partial charge in [-0.25, -0.2) is 0 Å². The fourth-order valence-electron chi connectivity index (χ4n) is 2.06. The first kappa shape index (κ1) is 11.0. The van der Waals surface area contributed by atoms with E-state index in [4.69, 9.17) is 5.11 Å². The fourth-order valence-corrected chi connectivity index (χ4v) is 2.06. The number of likely N-dealkylation sites (tertiary alicyclic amines) is 1. The maximum atomic E-state index is 10.8. The maximum Gasteiger partial charge on any atom is 0.307 e. The SMILES string of the molecule is O=C(O)[C@H]1CCN(Cc2ccccc2O)C1. The number of phenols is 1. The van der Waals surface area contributed by atoms with Gasteiger partial charge in [0, 0.05) is 18.7 Å². The topological polar surface area (TPSA) is 60.8 Å². The van der Waals surface area contributed by atoms with Gasteiger partial charge in [-0.1, -0.05) is 18.2 Å². The Morgan fingerprint density at radius 3 is 2.81 bits per heavy atom. The van der Waals surface area contributed by atoms with Crippen molar-refractivity contribution in [2.45, 2.75) is 13.0 Å². The quantitative estimate of drug-likeness (QED) is 0.807. The lowest BCUT2D eigenvalue weighted by Crippen LogP contribution is -2.22. The molecule has 1 atom stereocenters. The molecule has 2 N–H and O–H groups in total. The summed E-state index contributed by atoms with van der Waals surface area (Å²) in [4.78, 5) is 12.9. The van der Waals surface area contributed by atoms with E-state index >= 15 is 0 Å². The second-order valence-corrected chi connectivity index (χ2v) is 4.19. The molecule has 1 aromatic rings. The highest BCUT2D eigenvalue weighted by Crippen LogP contribution is 2.22. The van der Waals surface area contributed by atoms with E-state index in [9.17, 15) is 9.90 Å². The van der Waals surface area contributed by atoms with Gasteiger partial charge in [0.15, 0.2) is 0 Å². The number of nitrogens with zero attached hydrogens (tertiary/aromatic N) is 1. The molecule has 1 saturated heterocycles. The Balaban J connectivity index is 1.97. The number of phenolic OH excluding ortho intramolecular Hbond substituents is 1. The molecule has 0 aliphatic carbocycles. The molecule has 0 aromatic heterocycles. The molecule has 0 radical (unpaired) electrons. The molecular weight excluding hydrogens is 206 g/mol. The molecule has 0 saturated carbocycles. The highest BCUT2D eigenvalue weighted by molar-refractivity contribution is 5.70. The molecule has 0 amide bonds. The summed E-state index contributed by atoms with van der Waals surface area (Å²) in [5.41, 5.74) is 0.855. The predicted molar refractivity (Wildman–Crippen MR) is 59.1 cm³/mol. The first-order valence-corrected chi connectivity index (χ1v) is 5.39. The number of benzene rings is 1. The van der Waals surface area contributed by atoms with Gasteiger partial charge in [0.05, 0.1) is 5.92 Å². The minimum atomic E-state index is -0.722. The molecule has 0 bridgehead atoms. The molecule has 1 fully saturated rings. The van der Waals surface area contributed by atoms with E-state index in [-0.39, 0.29) is 11.7 Å². The summed E-state index contributed by atoms with van der Waals surface area (Å²) in [6, 6.07) is 7.17. The van der Waals surface area contributed by atoms with E-state index in [0.717, 1.165) is 12.1 Å². The molecule has 1 aromatic carbocycles. The summed E-state index contributed by atoms with van der Waals surface area (Å²) in [7, 11) is 0. The van der Waals surface area contributed by atoms with Crippen LogP contribution in [0.1, 0.15) is 12.0 Å². The molecule has 0 unspecified atom stereocenters. The van der Waals surface area contributed by atoms with E-state index in [1.807, 2.05) is 12.1 Å². The van der Waals surface area contributed by atoms with E-state index in [1.54, 1.807) is 12.1 Å². The van der Waals surface area contributed by atoms with Crippen LogP contribution in [0.2, 0.25) is 0 Å². The van der Waals surface area contributed by atoms with Crippen molar-refractivity contribution in [2.75, 3.05) is 13.1 Å². The summed E-state index contributed by atoms with van der Waals surface area (Å²) in [5.74, 6) is -0.702. The third-order valence-electron chi connectivity index (χ3n) is 3.01. The minimum Gasteiger partial charge on any atom is -0.508 e. The number of carboxylic acids is 1. The number of aromatic hydroxyl groups is 1. The molecular formula is C12H15NO3. The van der Waals surface area contributed by atoms with Crippen LogP contribution in [0.5, 0.6) is 5.75 Å². The maximum absolute atomic E-state index is 10.8. The van der Waals surface area contributed by atoms with Crippen molar-refractivity contribution in [3.05, 3.63) is 29.8 Å². The number of para-hydroxylation sites is 1. The number of carboxylic acid groups (broad SMARTS) is 1. The molecule has 4 heteroatoms. The molecule has 16 heavy (non-hydrogen) atoms. The van der Waals surface area contributed by atoms with Crippen molar-refractivity contribution in [3.63, 3.8) is 0 Å². The molecule has 0 spiro atoms. The van der Waals surface area contributed by atoms with E-state index in [1.165, 1.54) is 0 Å². The number of aliphatic carboxylic acids is 1. The van der Waals surface area contributed by atoms with Gasteiger partial charge in [0.2, 0.25) is 0 Å².